The Balaban J connectivity index is 1.28. The molecule has 6 heterocycles. The first-order chi connectivity index (χ1) is 22.8. The number of phenols is 1. The van der Waals surface area contributed by atoms with E-state index in [0.717, 1.165) is 43.5 Å². The van der Waals surface area contributed by atoms with Crippen LogP contribution in [0.15, 0.2) is 43.0 Å². The van der Waals surface area contributed by atoms with E-state index >= 15 is 4.39 Å². The third-order valence-electron chi connectivity index (χ3n) is 10.0. The Morgan fingerprint density at radius 1 is 1.09 bits per heavy atom. The zero-order valence-electron chi connectivity index (χ0n) is 26.0. The molecule has 3 aliphatic rings. The molecule has 0 unspecified atom stereocenters. The molecular formula is C35H34F3N7O2. The SMILES string of the molecule is CCc1c(F)ccc2cc(O)cc(-c3ncc4c(N5CCCc6ncncc6C5)nc(OC[C@@]56CCCN5C[C@H](F)C6)nc4c3F)c12. The Kier molecular flexibility index (Phi) is 7.35. The topological polar surface area (TPSA) is 100 Å². The lowest BCUT2D eigenvalue weighted by Gasteiger charge is -2.31. The van der Waals surface area contributed by atoms with Gasteiger partial charge in [-0.2, -0.15) is 9.97 Å². The number of hydrogen-bond donors (Lipinski definition) is 1. The molecule has 2 aromatic carbocycles. The van der Waals surface area contributed by atoms with Crippen LogP contribution in [0.2, 0.25) is 0 Å². The van der Waals surface area contributed by atoms with Gasteiger partial charge in [0.25, 0.3) is 0 Å². The first-order valence-corrected chi connectivity index (χ1v) is 16.2. The molecule has 12 heteroatoms. The maximum Gasteiger partial charge on any atom is 0.319 e. The Bertz CT molecular complexity index is 2030. The van der Waals surface area contributed by atoms with E-state index in [9.17, 15) is 13.9 Å². The van der Waals surface area contributed by atoms with E-state index in [2.05, 4.69) is 24.8 Å². The Morgan fingerprint density at radius 3 is 2.85 bits per heavy atom. The number of alkyl halides is 1. The highest BCUT2D eigenvalue weighted by Crippen LogP contribution is 2.42. The van der Waals surface area contributed by atoms with Crippen LogP contribution in [-0.2, 0) is 19.4 Å². The maximum atomic E-state index is 16.9. The molecule has 2 saturated heterocycles. The number of phenolic OH excluding ortho intramolecular Hbond substituents is 1. The number of benzene rings is 2. The molecule has 0 aliphatic carbocycles. The molecule has 9 nitrogen and oxygen atoms in total. The first kappa shape index (κ1) is 29.8. The average Bonchev–Trinajstić information content (AvgIpc) is 3.50. The highest BCUT2D eigenvalue weighted by molar-refractivity contribution is 6.01. The van der Waals surface area contributed by atoms with Gasteiger partial charge in [-0.15, -0.1) is 0 Å². The van der Waals surface area contributed by atoms with Crippen LogP contribution in [-0.4, -0.2) is 72.9 Å². The molecule has 2 fully saturated rings. The molecular weight excluding hydrogens is 607 g/mol. The van der Waals surface area contributed by atoms with Gasteiger partial charge in [-0.25, -0.2) is 23.1 Å². The Labute approximate surface area is 269 Å². The van der Waals surface area contributed by atoms with E-state index in [0.29, 0.717) is 60.0 Å². The fourth-order valence-electron chi connectivity index (χ4n) is 7.84. The summed E-state index contributed by atoms with van der Waals surface area (Å²) in [5, 5.41) is 12.0. The van der Waals surface area contributed by atoms with Crippen LogP contribution in [0, 0.1) is 11.6 Å². The summed E-state index contributed by atoms with van der Waals surface area (Å²) >= 11 is 0. The summed E-state index contributed by atoms with van der Waals surface area (Å²) in [4.78, 5) is 26.8. The molecule has 3 aromatic heterocycles. The van der Waals surface area contributed by atoms with Crippen LogP contribution >= 0.6 is 0 Å². The summed E-state index contributed by atoms with van der Waals surface area (Å²) in [6.45, 7) is 4.26. The van der Waals surface area contributed by atoms with Gasteiger partial charge in [-0.1, -0.05) is 13.0 Å². The minimum atomic E-state index is -0.924. The molecule has 47 heavy (non-hydrogen) atoms. The second-order valence-corrected chi connectivity index (χ2v) is 12.9. The number of rotatable bonds is 6. The quantitative estimate of drug-likeness (QED) is 0.236. The molecule has 0 radical (unpaired) electrons. The lowest BCUT2D eigenvalue weighted by Crippen LogP contribution is -2.43. The normalized spacial score (nSPS) is 21.3. The van der Waals surface area contributed by atoms with Crippen LogP contribution in [0.4, 0.5) is 19.0 Å². The molecule has 3 aliphatic heterocycles. The van der Waals surface area contributed by atoms with Gasteiger partial charge >= 0.3 is 6.01 Å². The monoisotopic (exact) mass is 641 g/mol. The van der Waals surface area contributed by atoms with Crippen molar-refractivity contribution in [2.45, 2.75) is 63.7 Å². The first-order valence-electron chi connectivity index (χ1n) is 16.2. The highest BCUT2D eigenvalue weighted by Gasteiger charge is 2.49. The van der Waals surface area contributed by atoms with Crippen LogP contribution in [0.5, 0.6) is 11.8 Å². The van der Waals surface area contributed by atoms with Crippen molar-refractivity contribution in [3.63, 3.8) is 0 Å². The number of aromatic nitrogens is 5. The predicted molar refractivity (Wildman–Crippen MR) is 171 cm³/mol. The molecule has 1 N–H and O–H groups in total. The molecule has 8 rings (SSSR count). The lowest BCUT2D eigenvalue weighted by atomic mass is 9.94. The van der Waals surface area contributed by atoms with Crippen molar-refractivity contribution < 1.29 is 23.0 Å². The third kappa shape index (κ3) is 5.09. The van der Waals surface area contributed by atoms with E-state index in [-0.39, 0.29) is 35.1 Å². The number of aryl methyl sites for hydroxylation is 2. The van der Waals surface area contributed by atoms with E-state index in [4.69, 9.17) is 9.72 Å². The molecule has 0 spiro atoms. The highest BCUT2D eigenvalue weighted by atomic mass is 19.1. The summed E-state index contributed by atoms with van der Waals surface area (Å²) in [5.41, 5.74) is 2.05. The minimum Gasteiger partial charge on any atom is -0.508 e. The standard InChI is InChI=1S/C35H34F3N7O2/c1-2-24-27(37)7-6-20-11-23(46)12-25(29(20)24)31-30(38)32-26(15-40-31)33(44-9-3-5-28-21(16-44)14-39-19-41-28)43-34(42-32)47-18-35-8-4-10-45(35)17-22(36)13-35/h6-7,11-12,14-15,19,22,46H,2-5,8-10,13,16-18H2,1H3/t22-,35+/m1/s1. The van der Waals surface area contributed by atoms with Crippen LogP contribution in [0.1, 0.15) is 49.4 Å². The molecule has 5 aromatic rings. The number of aromatic hydroxyl groups is 1. The smallest absolute Gasteiger partial charge is 0.319 e. The summed E-state index contributed by atoms with van der Waals surface area (Å²) in [6.07, 6.45) is 7.99. The molecule has 0 amide bonds. The fourth-order valence-corrected chi connectivity index (χ4v) is 7.84. The van der Waals surface area contributed by atoms with E-state index < -0.39 is 23.3 Å². The maximum absolute atomic E-state index is 16.9. The van der Waals surface area contributed by atoms with Crippen LogP contribution < -0.4 is 9.64 Å². The fraction of sp³-hybridized carbons (Fsp3) is 0.400. The summed E-state index contributed by atoms with van der Waals surface area (Å²) < 4.78 is 52.7. The molecule has 242 valence electrons. The van der Waals surface area contributed by atoms with Crippen LogP contribution in [0.25, 0.3) is 32.9 Å². The van der Waals surface area contributed by atoms with Crippen molar-refractivity contribution in [1.82, 2.24) is 29.8 Å². The van der Waals surface area contributed by atoms with Gasteiger partial charge in [-0.05, 0) is 73.2 Å². The number of hydrogen-bond acceptors (Lipinski definition) is 9. The zero-order valence-corrected chi connectivity index (χ0v) is 26.0. The second kappa shape index (κ2) is 11.6. The van der Waals surface area contributed by atoms with Crippen molar-refractivity contribution in [3.8, 4) is 23.0 Å². The van der Waals surface area contributed by atoms with E-state index in [1.807, 2.05) is 11.8 Å². The lowest BCUT2D eigenvalue weighted by molar-refractivity contribution is 0.107. The average molecular weight is 642 g/mol. The van der Waals surface area contributed by atoms with Gasteiger partial charge in [0.15, 0.2) is 5.82 Å². The summed E-state index contributed by atoms with van der Waals surface area (Å²) in [6, 6.07) is 5.84. The minimum absolute atomic E-state index is 0.00899. The number of fused-ring (bicyclic) bond motifs is 4. The summed E-state index contributed by atoms with van der Waals surface area (Å²) in [7, 11) is 0. The van der Waals surface area contributed by atoms with Crippen molar-refractivity contribution in [2.75, 3.05) is 31.1 Å². The molecule has 0 bridgehead atoms. The number of ether oxygens (including phenoxy) is 1. The van der Waals surface area contributed by atoms with Gasteiger partial charge in [-0.3, -0.25) is 9.88 Å². The van der Waals surface area contributed by atoms with Gasteiger partial charge in [0.05, 0.1) is 10.9 Å². The van der Waals surface area contributed by atoms with Crippen LogP contribution in [0.3, 0.4) is 0 Å². The van der Waals surface area contributed by atoms with Gasteiger partial charge in [0.2, 0.25) is 0 Å². The number of anilines is 1. The van der Waals surface area contributed by atoms with Gasteiger partial charge in [0, 0.05) is 55.3 Å². The van der Waals surface area contributed by atoms with Gasteiger partial charge < -0.3 is 14.7 Å². The Hall–Kier alpha value is -4.58. The van der Waals surface area contributed by atoms with Crippen molar-refractivity contribution in [1.29, 1.82) is 0 Å². The van der Waals surface area contributed by atoms with Crippen molar-refractivity contribution in [2.24, 2.45) is 0 Å². The van der Waals surface area contributed by atoms with Crippen molar-refractivity contribution in [3.05, 3.63) is 71.4 Å². The van der Waals surface area contributed by atoms with Gasteiger partial charge in [0.1, 0.15) is 47.7 Å². The van der Waals surface area contributed by atoms with E-state index in [1.165, 1.54) is 24.4 Å². The number of halogens is 3. The number of pyridine rings is 1. The number of nitrogens with zero attached hydrogens (tertiary/aromatic N) is 7. The third-order valence-corrected chi connectivity index (χ3v) is 10.0. The molecule has 0 saturated carbocycles. The summed E-state index contributed by atoms with van der Waals surface area (Å²) in [5.74, 6) is -0.792. The molecule has 2 atom stereocenters. The Morgan fingerprint density at radius 2 is 1.98 bits per heavy atom. The van der Waals surface area contributed by atoms with E-state index in [1.54, 1.807) is 18.6 Å². The zero-order chi connectivity index (χ0) is 32.3. The largest absolute Gasteiger partial charge is 0.508 e. The second-order valence-electron chi connectivity index (χ2n) is 12.9. The van der Waals surface area contributed by atoms with Crippen molar-refractivity contribution >= 4 is 27.5 Å². The predicted octanol–water partition coefficient (Wildman–Crippen LogP) is 6.09.